The number of amides is 2. The summed E-state index contributed by atoms with van der Waals surface area (Å²) in [7, 11) is -2.78. The number of halogens is 3. The Morgan fingerprint density at radius 2 is 1.63 bits per heavy atom. The molecule has 0 fully saturated rings. The summed E-state index contributed by atoms with van der Waals surface area (Å²) in [6.45, 7) is 6.81. The predicted octanol–water partition coefficient (Wildman–Crippen LogP) is 6.99. The Balaban J connectivity index is 2.12. The van der Waals surface area contributed by atoms with Crippen LogP contribution in [0.4, 0.5) is 5.69 Å². The van der Waals surface area contributed by atoms with Gasteiger partial charge >= 0.3 is 0 Å². The second-order valence-electron chi connectivity index (χ2n) is 10.1. The first-order valence-corrected chi connectivity index (χ1v) is 16.8. The van der Waals surface area contributed by atoms with Gasteiger partial charge in [-0.15, -0.1) is 0 Å². The number of aryl methyl sites for hydroxylation is 1. The van der Waals surface area contributed by atoms with E-state index < -0.39 is 28.5 Å². The van der Waals surface area contributed by atoms with Crippen LogP contribution < -0.4 is 14.4 Å². The van der Waals surface area contributed by atoms with E-state index in [4.69, 9.17) is 27.9 Å². The predicted molar refractivity (Wildman–Crippen MR) is 175 cm³/mol. The zero-order valence-corrected chi connectivity index (χ0v) is 28.6. The van der Waals surface area contributed by atoms with Crippen LogP contribution in [0.2, 0.25) is 10.0 Å². The molecule has 0 bridgehead atoms. The number of sulfonamides is 1. The largest absolute Gasteiger partial charge is 0.496 e. The lowest BCUT2D eigenvalue weighted by Gasteiger charge is -2.34. The second kappa shape index (κ2) is 15.3. The molecule has 2 amide bonds. The molecule has 43 heavy (non-hydrogen) atoms. The van der Waals surface area contributed by atoms with E-state index in [1.54, 1.807) is 49.4 Å². The van der Waals surface area contributed by atoms with Gasteiger partial charge in [-0.1, -0.05) is 60.8 Å². The maximum atomic E-state index is 14.3. The van der Waals surface area contributed by atoms with Gasteiger partial charge in [0.2, 0.25) is 11.8 Å². The number of methoxy groups -OCH3 is 1. The molecular formula is C31H36BrCl2N3O5S. The fraction of sp³-hybridized carbons (Fsp3) is 0.355. The molecule has 3 aromatic carbocycles. The van der Waals surface area contributed by atoms with Crippen LogP contribution in [0, 0.1) is 6.92 Å². The lowest BCUT2D eigenvalue weighted by molar-refractivity contribution is -0.140. The topological polar surface area (TPSA) is 96.0 Å². The fourth-order valence-corrected chi connectivity index (χ4v) is 7.04. The summed E-state index contributed by atoms with van der Waals surface area (Å²) in [5, 5.41) is 3.60. The van der Waals surface area contributed by atoms with Crippen molar-refractivity contribution in [2.45, 2.75) is 64.1 Å². The lowest BCUT2D eigenvalue weighted by Crippen LogP contribution is -2.53. The van der Waals surface area contributed by atoms with E-state index in [2.05, 4.69) is 21.2 Å². The maximum absolute atomic E-state index is 14.3. The highest BCUT2D eigenvalue weighted by Gasteiger charge is 2.34. The number of rotatable bonds is 13. The van der Waals surface area contributed by atoms with E-state index in [1.807, 2.05) is 20.8 Å². The van der Waals surface area contributed by atoms with E-state index in [0.29, 0.717) is 37.9 Å². The Morgan fingerprint density at radius 1 is 1.00 bits per heavy atom. The third kappa shape index (κ3) is 8.44. The standard InChI is InChI=1S/C31H36BrCl2N3O5S/c1-6-21(4)35-31(39)28(7-2)36(18-24-26(33)9-8-10-27(24)34)30(38)19-37(22-13-11-20(3)12-14-22)43(40,41)23-15-16-29(42-5)25(32)17-23/h8-17,21,28H,6-7,18-19H2,1-5H3,(H,35,39)/t21-,28-/m0/s1. The van der Waals surface area contributed by atoms with Gasteiger partial charge in [0.25, 0.3) is 10.0 Å². The Kier molecular flexibility index (Phi) is 12.3. The van der Waals surface area contributed by atoms with Crippen LogP contribution in [0.1, 0.15) is 44.7 Å². The number of carbonyl (C=O) groups excluding carboxylic acids is 2. The second-order valence-corrected chi connectivity index (χ2v) is 13.6. The molecule has 0 aliphatic rings. The molecule has 8 nitrogen and oxygen atoms in total. The van der Waals surface area contributed by atoms with E-state index in [9.17, 15) is 18.0 Å². The molecular weight excluding hydrogens is 677 g/mol. The monoisotopic (exact) mass is 711 g/mol. The van der Waals surface area contributed by atoms with E-state index in [-0.39, 0.29) is 29.8 Å². The van der Waals surface area contributed by atoms with Crippen LogP contribution in [-0.2, 0) is 26.2 Å². The van der Waals surface area contributed by atoms with Crippen molar-refractivity contribution < 1.29 is 22.7 Å². The normalized spacial score (nSPS) is 12.7. The van der Waals surface area contributed by atoms with E-state index in [1.165, 1.54) is 30.2 Å². The first-order valence-electron chi connectivity index (χ1n) is 13.8. The molecule has 0 heterocycles. The minimum atomic E-state index is -4.26. The highest BCUT2D eigenvalue weighted by atomic mass is 79.9. The smallest absolute Gasteiger partial charge is 0.264 e. The van der Waals surface area contributed by atoms with Gasteiger partial charge in [-0.2, -0.15) is 0 Å². The number of nitrogens with zero attached hydrogens (tertiary/aromatic N) is 2. The Bertz CT molecular complexity index is 1530. The van der Waals surface area contributed by atoms with Gasteiger partial charge in [-0.3, -0.25) is 13.9 Å². The van der Waals surface area contributed by atoms with Crippen LogP contribution in [0.5, 0.6) is 5.75 Å². The van der Waals surface area contributed by atoms with Crippen molar-refractivity contribution in [2.24, 2.45) is 0 Å². The lowest BCUT2D eigenvalue weighted by atomic mass is 10.1. The van der Waals surface area contributed by atoms with Crippen LogP contribution >= 0.6 is 39.1 Å². The number of benzene rings is 3. The maximum Gasteiger partial charge on any atom is 0.264 e. The number of carbonyl (C=O) groups is 2. The highest BCUT2D eigenvalue weighted by molar-refractivity contribution is 9.10. The first-order chi connectivity index (χ1) is 20.3. The van der Waals surface area contributed by atoms with Crippen molar-refractivity contribution in [3.05, 3.63) is 86.3 Å². The molecule has 0 spiro atoms. The highest BCUT2D eigenvalue weighted by Crippen LogP contribution is 2.32. The van der Waals surface area contributed by atoms with Gasteiger partial charge in [0.1, 0.15) is 18.3 Å². The summed E-state index contributed by atoms with van der Waals surface area (Å²) in [6, 6.07) is 15.1. The Morgan fingerprint density at radius 3 is 2.16 bits per heavy atom. The summed E-state index contributed by atoms with van der Waals surface area (Å²) in [5.74, 6) is -0.492. The minimum absolute atomic E-state index is 0.0456. The van der Waals surface area contributed by atoms with Gasteiger partial charge in [0, 0.05) is 28.2 Å². The molecule has 0 radical (unpaired) electrons. The molecule has 0 saturated carbocycles. The molecule has 0 saturated heterocycles. The van der Waals surface area contributed by atoms with Crippen molar-refractivity contribution in [1.29, 1.82) is 0 Å². The number of anilines is 1. The molecule has 2 atom stereocenters. The molecule has 1 N–H and O–H groups in total. The first kappa shape index (κ1) is 34.7. The van der Waals surface area contributed by atoms with E-state index >= 15 is 0 Å². The fourth-order valence-electron chi connectivity index (χ4n) is 4.39. The average Bonchev–Trinajstić information content (AvgIpc) is 2.97. The quantitative estimate of drug-likeness (QED) is 0.206. The minimum Gasteiger partial charge on any atom is -0.496 e. The van der Waals surface area contributed by atoms with Gasteiger partial charge < -0.3 is 15.0 Å². The Hall–Kier alpha value is -2.79. The molecule has 12 heteroatoms. The van der Waals surface area contributed by atoms with Crippen molar-refractivity contribution in [2.75, 3.05) is 18.0 Å². The van der Waals surface area contributed by atoms with Gasteiger partial charge in [-0.25, -0.2) is 8.42 Å². The SMILES string of the molecule is CC[C@H](C)NC(=O)[C@H](CC)N(Cc1c(Cl)cccc1Cl)C(=O)CN(c1ccc(C)cc1)S(=O)(=O)c1ccc(OC)c(Br)c1. The summed E-state index contributed by atoms with van der Waals surface area (Å²) in [6.07, 6.45) is 0.974. The molecule has 232 valence electrons. The van der Waals surface area contributed by atoms with Gasteiger partial charge in [0.05, 0.1) is 22.2 Å². The van der Waals surface area contributed by atoms with Crippen molar-refractivity contribution in [1.82, 2.24) is 10.2 Å². The van der Waals surface area contributed by atoms with E-state index in [0.717, 1.165) is 9.87 Å². The van der Waals surface area contributed by atoms with Crippen LogP contribution in [0.15, 0.2) is 70.0 Å². The van der Waals surface area contributed by atoms with Crippen molar-refractivity contribution in [3.63, 3.8) is 0 Å². The molecule has 0 aromatic heterocycles. The number of ether oxygens (including phenoxy) is 1. The average molecular weight is 714 g/mol. The van der Waals surface area contributed by atoms with Crippen LogP contribution in [0.3, 0.4) is 0 Å². The third-order valence-electron chi connectivity index (χ3n) is 7.09. The molecule has 0 aliphatic heterocycles. The van der Waals surface area contributed by atoms with Crippen LogP contribution in [-0.4, -0.2) is 50.9 Å². The van der Waals surface area contributed by atoms with Gasteiger partial charge in [0.15, 0.2) is 0 Å². The molecule has 0 aliphatic carbocycles. The number of hydrogen-bond acceptors (Lipinski definition) is 5. The molecule has 3 aromatic rings. The molecule has 3 rings (SSSR count). The molecule has 0 unspecified atom stereocenters. The summed E-state index contributed by atoms with van der Waals surface area (Å²) in [4.78, 5) is 29.0. The van der Waals surface area contributed by atoms with Crippen LogP contribution in [0.25, 0.3) is 0 Å². The number of nitrogens with one attached hydrogen (secondary N) is 1. The van der Waals surface area contributed by atoms with Crippen molar-refractivity contribution in [3.8, 4) is 5.75 Å². The van der Waals surface area contributed by atoms with Crippen molar-refractivity contribution >= 4 is 66.7 Å². The third-order valence-corrected chi connectivity index (χ3v) is 10.2. The van der Waals surface area contributed by atoms with Gasteiger partial charge in [-0.05, 0) is 85.1 Å². The zero-order valence-electron chi connectivity index (χ0n) is 24.7. The zero-order chi connectivity index (χ0) is 31.9. The Labute approximate surface area is 272 Å². The number of hydrogen-bond donors (Lipinski definition) is 1. The summed E-state index contributed by atoms with van der Waals surface area (Å²) in [5.41, 5.74) is 1.67. The summed E-state index contributed by atoms with van der Waals surface area (Å²) < 4.78 is 35.0. The summed E-state index contributed by atoms with van der Waals surface area (Å²) >= 11 is 16.3.